The molecule has 2 aliphatic rings. The van der Waals surface area contributed by atoms with Gasteiger partial charge in [-0.2, -0.15) is 0 Å². The fourth-order valence-corrected chi connectivity index (χ4v) is 3.67. The van der Waals surface area contributed by atoms with Crippen LogP contribution in [0.5, 0.6) is 0 Å². The van der Waals surface area contributed by atoms with Crippen LogP contribution in [0.4, 0.5) is 0 Å². The van der Waals surface area contributed by atoms with Gasteiger partial charge in [0.15, 0.2) is 5.78 Å². The normalized spacial score (nSPS) is 24.8. The van der Waals surface area contributed by atoms with Gasteiger partial charge in [0.2, 0.25) is 0 Å². The molecule has 3 nitrogen and oxygen atoms in total. The summed E-state index contributed by atoms with van der Waals surface area (Å²) in [5.74, 6) is -0.0566. The van der Waals surface area contributed by atoms with Crippen LogP contribution in [0.2, 0.25) is 0 Å². The zero-order chi connectivity index (χ0) is 15.9. The summed E-state index contributed by atoms with van der Waals surface area (Å²) < 4.78 is 0. The molecule has 2 fully saturated rings. The monoisotopic (exact) mass is 306 g/mol. The zero-order valence-corrected chi connectivity index (χ0v) is 13.6. The number of allylic oxidation sites excluding steroid dienone is 2. The molecule has 2 aliphatic carbocycles. The Morgan fingerprint density at radius 1 is 0.727 bits per heavy atom. The summed E-state index contributed by atoms with van der Waals surface area (Å²) in [6.45, 7) is 0. The molecule has 124 valence electrons. The van der Waals surface area contributed by atoms with Crippen LogP contribution in [-0.2, 0) is 4.79 Å². The van der Waals surface area contributed by atoms with Crippen LogP contribution in [0.3, 0.4) is 0 Å². The van der Waals surface area contributed by atoms with Gasteiger partial charge < -0.3 is 10.2 Å². The van der Waals surface area contributed by atoms with Crippen molar-refractivity contribution in [1.29, 1.82) is 0 Å². The summed E-state index contributed by atoms with van der Waals surface area (Å²) in [7, 11) is 0. The molecule has 0 radical (unpaired) electrons. The van der Waals surface area contributed by atoms with Crippen LogP contribution in [0.1, 0.15) is 77.0 Å². The molecule has 0 spiro atoms. The first-order valence-electron chi connectivity index (χ1n) is 8.83. The van der Waals surface area contributed by atoms with E-state index in [4.69, 9.17) is 0 Å². The third-order valence-electron chi connectivity index (χ3n) is 5.13. The molecule has 0 bridgehead atoms. The minimum absolute atomic E-state index is 0.0566. The number of ketones is 1. The maximum atomic E-state index is 11.8. The van der Waals surface area contributed by atoms with Gasteiger partial charge in [0.1, 0.15) is 0 Å². The van der Waals surface area contributed by atoms with Crippen LogP contribution < -0.4 is 0 Å². The zero-order valence-electron chi connectivity index (χ0n) is 13.6. The standard InChI is InChI=1S/C19H30O3/c20-17(9-7-15-18(21)11-3-1-4-12-18)10-8-16-19(22)13-5-2-6-14-19/h7-10,21-22H,1-6,11-16H2. The smallest absolute Gasteiger partial charge is 0.178 e. The number of aliphatic hydroxyl groups is 2. The molecule has 0 heterocycles. The Bertz CT molecular complexity index is 372. The lowest BCUT2D eigenvalue weighted by atomic mass is 9.82. The van der Waals surface area contributed by atoms with E-state index in [1.807, 2.05) is 0 Å². The van der Waals surface area contributed by atoms with Gasteiger partial charge >= 0.3 is 0 Å². The fraction of sp³-hybridized carbons (Fsp3) is 0.737. The maximum absolute atomic E-state index is 11.8. The molecule has 0 aromatic carbocycles. The van der Waals surface area contributed by atoms with E-state index in [9.17, 15) is 15.0 Å². The van der Waals surface area contributed by atoms with E-state index in [0.29, 0.717) is 12.8 Å². The SMILES string of the molecule is O=C(C=CCC1(O)CCCCC1)C=CCC1(O)CCCCC1. The largest absolute Gasteiger partial charge is 0.390 e. The predicted molar refractivity (Wildman–Crippen MR) is 88.6 cm³/mol. The second-order valence-corrected chi connectivity index (χ2v) is 7.19. The molecule has 0 saturated heterocycles. The predicted octanol–water partition coefficient (Wildman–Crippen LogP) is 3.84. The first-order chi connectivity index (χ1) is 10.5. The summed E-state index contributed by atoms with van der Waals surface area (Å²) in [5, 5.41) is 20.7. The molecule has 0 atom stereocenters. The van der Waals surface area contributed by atoms with E-state index in [-0.39, 0.29) is 5.78 Å². The van der Waals surface area contributed by atoms with Crippen molar-refractivity contribution in [2.24, 2.45) is 0 Å². The number of carbonyl (C=O) groups excluding carboxylic acids is 1. The molecular formula is C19H30O3. The third kappa shape index (κ3) is 5.69. The highest BCUT2D eigenvalue weighted by Crippen LogP contribution is 2.32. The maximum Gasteiger partial charge on any atom is 0.178 e. The molecule has 3 heteroatoms. The first-order valence-corrected chi connectivity index (χ1v) is 8.83. The van der Waals surface area contributed by atoms with Crippen LogP contribution in [0.15, 0.2) is 24.3 Å². The number of hydrogen-bond donors (Lipinski definition) is 2. The van der Waals surface area contributed by atoms with E-state index < -0.39 is 11.2 Å². The second-order valence-electron chi connectivity index (χ2n) is 7.19. The van der Waals surface area contributed by atoms with Crippen molar-refractivity contribution in [3.8, 4) is 0 Å². The molecule has 2 rings (SSSR count). The Kier molecular flexibility index (Phi) is 6.39. The number of carbonyl (C=O) groups is 1. The van der Waals surface area contributed by atoms with Gasteiger partial charge in [0.25, 0.3) is 0 Å². The Balaban J connectivity index is 1.72. The molecule has 22 heavy (non-hydrogen) atoms. The lowest BCUT2D eigenvalue weighted by Gasteiger charge is -2.31. The van der Waals surface area contributed by atoms with Crippen molar-refractivity contribution in [1.82, 2.24) is 0 Å². The molecule has 0 aliphatic heterocycles. The minimum Gasteiger partial charge on any atom is -0.390 e. The van der Waals surface area contributed by atoms with Crippen LogP contribution in [0, 0.1) is 0 Å². The van der Waals surface area contributed by atoms with Crippen molar-refractivity contribution in [2.45, 2.75) is 88.3 Å². The highest BCUT2D eigenvalue weighted by Gasteiger charge is 2.28. The van der Waals surface area contributed by atoms with Gasteiger partial charge in [-0.05, 0) is 50.7 Å². The van der Waals surface area contributed by atoms with Crippen LogP contribution >= 0.6 is 0 Å². The van der Waals surface area contributed by atoms with Gasteiger partial charge in [0, 0.05) is 0 Å². The van der Waals surface area contributed by atoms with Crippen molar-refractivity contribution in [3.05, 3.63) is 24.3 Å². The Labute approximate surface area is 134 Å². The Morgan fingerprint density at radius 3 is 1.45 bits per heavy atom. The van der Waals surface area contributed by atoms with Gasteiger partial charge in [-0.1, -0.05) is 50.7 Å². The lowest BCUT2D eigenvalue weighted by molar-refractivity contribution is -0.110. The molecular weight excluding hydrogens is 276 g/mol. The average molecular weight is 306 g/mol. The summed E-state index contributed by atoms with van der Waals surface area (Å²) >= 11 is 0. The topological polar surface area (TPSA) is 57.5 Å². The highest BCUT2D eigenvalue weighted by molar-refractivity contribution is 5.99. The first kappa shape index (κ1) is 17.4. The number of rotatable bonds is 6. The summed E-state index contributed by atoms with van der Waals surface area (Å²) in [6.07, 6.45) is 17.9. The van der Waals surface area contributed by atoms with E-state index in [1.165, 1.54) is 12.8 Å². The summed E-state index contributed by atoms with van der Waals surface area (Å²) in [4.78, 5) is 11.8. The van der Waals surface area contributed by atoms with Crippen LogP contribution in [0.25, 0.3) is 0 Å². The van der Waals surface area contributed by atoms with Gasteiger partial charge in [0.05, 0.1) is 11.2 Å². The van der Waals surface area contributed by atoms with E-state index in [2.05, 4.69) is 0 Å². The van der Waals surface area contributed by atoms with E-state index >= 15 is 0 Å². The van der Waals surface area contributed by atoms with Crippen molar-refractivity contribution < 1.29 is 15.0 Å². The summed E-state index contributed by atoms with van der Waals surface area (Å²) in [5.41, 5.74) is -1.20. The molecule has 0 amide bonds. The molecule has 2 N–H and O–H groups in total. The van der Waals surface area contributed by atoms with Gasteiger partial charge in [-0.3, -0.25) is 4.79 Å². The second kappa shape index (κ2) is 8.07. The fourth-order valence-electron chi connectivity index (χ4n) is 3.67. The van der Waals surface area contributed by atoms with E-state index in [0.717, 1.165) is 51.4 Å². The summed E-state index contributed by atoms with van der Waals surface area (Å²) in [6, 6.07) is 0. The molecule has 0 aromatic heterocycles. The van der Waals surface area contributed by atoms with Gasteiger partial charge in [-0.15, -0.1) is 0 Å². The molecule has 0 unspecified atom stereocenters. The molecule has 0 aromatic rings. The minimum atomic E-state index is -0.601. The number of hydrogen-bond acceptors (Lipinski definition) is 3. The van der Waals surface area contributed by atoms with Crippen molar-refractivity contribution in [3.63, 3.8) is 0 Å². The molecule has 2 saturated carbocycles. The average Bonchev–Trinajstić information content (AvgIpc) is 2.48. The quantitative estimate of drug-likeness (QED) is 0.733. The van der Waals surface area contributed by atoms with Crippen LogP contribution in [-0.4, -0.2) is 27.2 Å². The Hall–Kier alpha value is -0.930. The van der Waals surface area contributed by atoms with Crippen molar-refractivity contribution in [2.75, 3.05) is 0 Å². The Morgan fingerprint density at radius 2 is 1.09 bits per heavy atom. The van der Waals surface area contributed by atoms with Crippen molar-refractivity contribution >= 4 is 5.78 Å². The third-order valence-corrected chi connectivity index (χ3v) is 5.13. The lowest BCUT2D eigenvalue weighted by Crippen LogP contribution is -2.30. The van der Waals surface area contributed by atoms with Gasteiger partial charge in [-0.25, -0.2) is 0 Å². The van der Waals surface area contributed by atoms with E-state index in [1.54, 1.807) is 24.3 Å². The highest BCUT2D eigenvalue weighted by atomic mass is 16.3.